The Morgan fingerprint density at radius 3 is 2.62 bits per heavy atom. The first kappa shape index (κ1) is 13.7. The summed E-state index contributed by atoms with van der Waals surface area (Å²) in [7, 11) is 0. The van der Waals surface area contributed by atoms with Gasteiger partial charge in [-0.2, -0.15) is 23.3 Å². The van der Waals surface area contributed by atoms with E-state index in [0.29, 0.717) is 11.5 Å². The predicted molar refractivity (Wildman–Crippen MR) is 66.6 cm³/mol. The molecule has 0 aliphatic heterocycles. The number of rotatable bonds is 1. The van der Waals surface area contributed by atoms with Crippen molar-refractivity contribution in [1.82, 2.24) is 19.7 Å². The molecular weight excluding hydrogens is 312 g/mol. The summed E-state index contributed by atoms with van der Waals surface area (Å²) in [6.07, 6.45) is -2.09. The van der Waals surface area contributed by atoms with E-state index in [4.69, 9.17) is 11.6 Å². The fourth-order valence-corrected chi connectivity index (χ4v) is 2.02. The van der Waals surface area contributed by atoms with Crippen molar-refractivity contribution in [3.63, 3.8) is 0 Å². The lowest BCUT2D eigenvalue weighted by Gasteiger charge is -2.13. The average molecular weight is 317 g/mol. The smallest absolute Gasteiger partial charge is 0.226 e. The molecule has 0 saturated carbocycles. The van der Waals surface area contributed by atoms with Crippen LogP contribution in [0.5, 0.6) is 0 Å². The van der Waals surface area contributed by atoms with E-state index in [2.05, 4.69) is 15.1 Å². The van der Waals surface area contributed by atoms with Crippen molar-refractivity contribution >= 4 is 22.6 Å². The highest BCUT2D eigenvalue weighted by Gasteiger charge is 2.35. The van der Waals surface area contributed by atoms with E-state index in [1.807, 2.05) is 0 Å². The fraction of sp³-hybridized carbons (Fsp3) is 0.0833. The van der Waals surface area contributed by atoms with Gasteiger partial charge in [-0.05, 0) is 29.8 Å². The number of halogens is 5. The lowest BCUT2D eigenvalue weighted by Crippen LogP contribution is -2.12. The van der Waals surface area contributed by atoms with Crippen molar-refractivity contribution < 1.29 is 17.6 Å². The summed E-state index contributed by atoms with van der Waals surface area (Å²) in [5.41, 5.74) is -1.39. The van der Waals surface area contributed by atoms with E-state index >= 15 is 0 Å². The van der Waals surface area contributed by atoms with Crippen LogP contribution in [0.3, 0.4) is 0 Å². The highest BCUT2D eigenvalue weighted by Crippen LogP contribution is 2.35. The Morgan fingerprint density at radius 1 is 1.14 bits per heavy atom. The number of fused-ring (bicyclic) bond motifs is 1. The molecule has 108 valence electrons. The Hall–Kier alpha value is -2.22. The maximum Gasteiger partial charge on any atom is 0.418 e. The van der Waals surface area contributed by atoms with Crippen LogP contribution in [0.4, 0.5) is 17.6 Å². The fourth-order valence-electron chi connectivity index (χ4n) is 1.89. The van der Waals surface area contributed by atoms with Crippen molar-refractivity contribution in [1.29, 1.82) is 0 Å². The first-order chi connectivity index (χ1) is 9.86. The van der Waals surface area contributed by atoms with Gasteiger partial charge in [0.1, 0.15) is 5.82 Å². The van der Waals surface area contributed by atoms with E-state index in [1.165, 1.54) is 12.4 Å². The Kier molecular flexibility index (Phi) is 3.05. The van der Waals surface area contributed by atoms with Gasteiger partial charge in [0.05, 0.1) is 22.8 Å². The van der Waals surface area contributed by atoms with Crippen molar-refractivity contribution in [2.75, 3.05) is 0 Å². The molecule has 9 heteroatoms. The zero-order chi connectivity index (χ0) is 15.2. The molecule has 0 atom stereocenters. The van der Waals surface area contributed by atoms with Crippen LogP contribution in [0.15, 0.2) is 30.6 Å². The lowest BCUT2D eigenvalue weighted by atomic mass is 10.1. The molecule has 0 bridgehead atoms. The van der Waals surface area contributed by atoms with Gasteiger partial charge in [0.2, 0.25) is 5.28 Å². The quantitative estimate of drug-likeness (QED) is 0.508. The maximum atomic E-state index is 13.1. The molecule has 3 aromatic rings. The summed E-state index contributed by atoms with van der Waals surface area (Å²) < 4.78 is 53.2. The SMILES string of the molecule is Fc1ccc(-n2ncc3cnc(Cl)nc32)c(C(F)(F)F)c1. The maximum absolute atomic E-state index is 13.1. The summed E-state index contributed by atoms with van der Waals surface area (Å²) >= 11 is 5.64. The van der Waals surface area contributed by atoms with Gasteiger partial charge in [0, 0.05) is 6.20 Å². The van der Waals surface area contributed by atoms with Gasteiger partial charge >= 0.3 is 6.18 Å². The molecule has 0 N–H and O–H groups in total. The molecule has 0 aliphatic rings. The third-order valence-corrected chi connectivity index (χ3v) is 2.95. The van der Waals surface area contributed by atoms with Gasteiger partial charge in [-0.25, -0.2) is 14.1 Å². The molecule has 3 rings (SSSR count). The zero-order valence-corrected chi connectivity index (χ0v) is 10.8. The van der Waals surface area contributed by atoms with Crippen LogP contribution in [0.1, 0.15) is 5.56 Å². The Labute approximate surface area is 120 Å². The zero-order valence-electron chi connectivity index (χ0n) is 10.1. The van der Waals surface area contributed by atoms with Crippen molar-refractivity contribution in [3.05, 3.63) is 47.3 Å². The van der Waals surface area contributed by atoms with Crippen LogP contribution in [-0.4, -0.2) is 19.7 Å². The van der Waals surface area contributed by atoms with E-state index in [9.17, 15) is 17.6 Å². The molecule has 0 aliphatic carbocycles. The average Bonchev–Trinajstić information content (AvgIpc) is 2.80. The summed E-state index contributed by atoms with van der Waals surface area (Å²) in [4.78, 5) is 7.57. The van der Waals surface area contributed by atoms with Crippen LogP contribution >= 0.6 is 11.6 Å². The van der Waals surface area contributed by atoms with E-state index in [0.717, 1.165) is 16.8 Å². The molecule has 1 aromatic carbocycles. The highest BCUT2D eigenvalue weighted by molar-refractivity contribution is 6.28. The number of hydrogen-bond donors (Lipinski definition) is 0. The third-order valence-electron chi connectivity index (χ3n) is 2.77. The summed E-state index contributed by atoms with van der Waals surface area (Å²) in [5, 5.41) is 4.13. The predicted octanol–water partition coefficient (Wildman–Crippen LogP) is 3.63. The summed E-state index contributed by atoms with van der Waals surface area (Å²) in [6, 6.07) is 2.31. The van der Waals surface area contributed by atoms with Gasteiger partial charge in [-0.1, -0.05) is 0 Å². The van der Waals surface area contributed by atoms with E-state index < -0.39 is 17.6 Å². The van der Waals surface area contributed by atoms with Crippen LogP contribution in [-0.2, 0) is 6.18 Å². The second-order valence-electron chi connectivity index (χ2n) is 4.13. The van der Waals surface area contributed by atoms with Crippen LogP contribution in [0.25, 0.3) is 16.7 Å². The molecule has 0 spiro atoms. The van der Waals surface area contributed by atoms with Gasteiger partial charge < -0.3 is 0 Å². The van der Waals surface area contributed by atoms with Crippen LogP contribution in [0.2, 0.25) is 5.28 Å². The number of aromatic nitrogens is 4. The second kappa shape index (κ2) is 4.66. The minimum absolute atomic E-state index is 0.104. The molecule has 2 aromatic heterocycles. The molecule has 21 heavy (non-hydrogen) atoms. The van der Waals surface area contributed by atoms with Crippen LogP contribution in [0, 0.1) is 5.82 Å². The van der Waals surface area contributed by atoms with Gasteiger partial charge in [0.15, 0.2) is 5.65 Å². The van der Waals surface area contributed by atoms with Crippen LogP contribution < -0.4 is 0 Å². The molecule has 0 unspecified atom stereocenters. The van der Waals surface area contributed by atoms with Gasteiger partial charge in [-0.3, -0.25) is 0 Å². The van der Waals surface area contributed by atoms with Gasteiger partial charge in [-0.15, -0.1) is 0 Å². The molecule has 0 fully saturated rings. The number of alkyl halides is 3. The van der Waals surface area contributed by atoms with Gasteiger partial charge in [0.25, 0.3) is 0 Å². The molecular formula is C12H5ClF4N4. The molecule has 2 heterocycles. The lowest BCUT2D eigenvalue weighted by molar-refractivity contribution is -0.137. The second-order valence-corrected chi connectivity index (χ2v) is 4.47. The first-order valence-corrected chi connectivity index (χ1v) is 5.97. The summed E-state index contributed by atoms with van der Waals surface area (Å²) in [6.45, 7) is 0. The number of benzene rings is 1. The van der Waals surface area contributed by atoms with Crippen molar-refractivity contribution in [3.8, 4) is 5.69 Å². The summed E-state index contributed by atoms with van der Waals surface area (Å²) in [5.74, 6) is -0.991. The molecule has 0 saturated heterocycles. The first-order valence-electron chi connectivity index (χ1n) is 5.59. The Bertz CT molecular complexity index is 828. The minimum atomic E-state index is -4.73. The van der Waals surface area contributed by atoms with E-state index in [-0.39, 0.29) is 16.6 Å². The minimum Gasteiger partial charge on any atom is -0.226 e. The molecule has 0 radical (unpaired) electrons. The topological polar surface area (TPSA) is 43.6 Å². The monoisotopic (exact) mass is 316 g/mol. The molecule has 0 amide bonds. The Morgan fingerprint density at radius 2 is 1.90 bits per heavy atom. The number of nitrogens with zero attached hydrogens (tertiary/aromatic N) is 4. The van der Waals surface area contributed by atoms with E-state index in [1.54, 1.807) is 0 Å². The number of hydrogen-bond acceptors (Lipinski definition) is 3. The standard InChI is InChI=1S/C12H5ClF4N4/c13-11-18-4-6-5-19-21(10(6)20-11)9-2-1-7(14)3-8(9)12(15,16)17/h1-5H. The normalized spacial score (nSPS) is 12.0. The third kappa shape index (κ3) is 2.42. The highest BCUT2D eigenvalue weighted by atomic mass is 35.5. The van der Waals surface area contributed by atoms with Crippen molar-refractivity contribution in [2.24, 2.45) is 0 Å². The molecule has 4 nitrogen and oxygen atoms in total. The van der Waals surface area contributed by atoms with Crippen molar-refractivity contribution in [2.45, 2.75) is 6.18 Å². The largest absolute Gasteiger partial charge is 0.418 e. The Balaban J connectivity index is 2.30.